The lowest BCUT2D eigenvalue weighted by molar-refractivity contribution is 0.635. The second-order valence-corrected chi connectivity index (χ2v) is 4.93. The molecule has 3 N–H and O–H groups in total. The summed E-state index contributed by atoms with van der Waals surface area (Å²) >= 11 is 7.00. The second kappa shape index (κ2) is 5.85. The first-order valence-corrected chi connectivity index (χ1v) is 6.07. The van der Waals surface area contributed by atoms with Crippen molar-refractivity contribution in [3.63, 3.8) is 0 Å². The normalized spacial score (nSPS) is 12.9. The molecule has 0 saturated carbocycles. The quantitative estimate of drug-likeness (QED) is 0.894. The van der Waals surface area contributed by atoms with Crippen LogP contribution in [-0.2, 0) is 0 Å². The van der Waals surface area contributed by atoms with Crippen LogP contribution in [0.4, 0.5) is 0 Å². The van der Waals surface area contributed by atoms with E-state index in [0.717, 1.165) is 15.5 Å². The van der Waals surface area contributed by atoms with Gasteiger partial charge in [-0.3, -0.25) is 0 Å². The summed E-state index contributed by atoms with van der Waals surface area (Å²) < 4.78 is 2.21. The molecule has 0 spiro atoms. The molecule has 0 aliphatic rings. The Hall–Kier alpha value is 0.1000. The van der Waals surface area contributed by atoms with Crippen molar-refractivity contribution in [2.45, 2.75) is 5.92 Å². The number of hydrogen-bond acceptors (Lipinski definition) is 2. The van der Waals surface area contributed by atoms with Crippen molar-refractivity contribution in [3.8, 4) is 0 Å². The molecule has 1 atom stereocenters. The number of benzene rings is 1. The first-order valence-electron chi connectivity index (χ1n) is 4.48. The molecule has 1 aromatic rings. The molecule has 0 saturated heterocycles. The minimum atomic E-state index is 0.354. The highest BCUT2D eigenvalue weighted by molar-refractivity contribution is 9.11. The molecule has 0 aliphatic carbocycles. The maximum absolute atomic E-state index is 5.73. The SMILES string of the molecule is CNCC(CN)c1cc(Br)ccc1Br. The van der Waals surface area contributed by atoms with Crippen molar-refractivity contribution in [1.82, 2.24) is 5.32 Å². The third-order valence-corrected chi connectivity index (χ3v) is 3.35. The summed E-state index contributed by atoms with van der Waals surface area (Å²) in [4.78, 5) is 0. The van der Waals surface area contributed by atoms with Gasteiger partial charge in [0.05, 0.1) is 0 Å². The van der Waals surface area contributed by atoms with Crippen LogP contribution in [0.5, 0.6) is 0 Å². The molecule has 0 heterocycles. The topological polar surface area (TPSA) is 38.0 Å². The molecule has 1 unspecified atom stereocenters. The van der Waals surface area contributed by atoms with Crippen molar-refractivity contribution in [3.05, 3.63) is 32.7 Å². The van der Waals surface area contributed by atoms with Crippen LogP contribution in [0.3, 0.4) is 0 Å². The fraction of sp³-hybridized carbons (Fsp3) is 0.400. The van der Waals surface area contributed by atoms with Crippen LogP contribution in [0.15, 0.2) is 27.1 Å². The van der Waals surface area contributed by atoms with Crippen LogP contribution < -0.4 is 11.1 Å². The van der Waals surface area contributed by atoms with Gasteiger partial charge in [-0.2, -0.15) is 0 Å². The van der Waals surface area contributed by atoms with Crippen LogP contribution in [0, 0.1) is 0 Å². The zero-order valence-electron chi connectivity index (χ0n) is 8.06. The Morgan fingerprint density at radius 1 is 1.43 bits per heavy atom. The summed E-state index contributed by atoms with van der Waals surface area (Å²) in [6, 6.07) is 6.16. The summed E-state index contributed by atoms with van der Waals surface area (Å²) in [6.07, 6.45) is 0. The fourth-order valence-electron chi connectivity index (χ4n) is 1.39. The highest BCUT2D eigenvalue weighted by Crippen LogP contribution is 2.27. The Morgan fingerprint density at radius 2 is 2.14 bits per heavy atom. The Kier molecular flexibility index (Phi) is 5.09. The van der Waals surface area contributed by atoms with Crippen LogP contribution in [0.2, 0.25) is 0 Å². The fourth-order valence-corrected chi connectivity index (χ4v) is 2.34. The molecule has 2 nitrogen and oxygen atoms in total. The number of nitrogens with one attached hydrogen (secondary N) is 1. The molecule has 14 heavy (non-hydrogen) atoms. The van der Waals surface area contributed by atoms with Crippen molar-refractivity contribution < 1.29 is 0 Å². The number of rotatable bonds is 4. The third-order valence-electron chi connectivity index (χ3n) is 2.13. The van der Waals surface area contributed by atoms with E-state index in [-0.39, 0.29) is 0 Å². The number of likely N-dealkylation sites (N-methyl/N-ethyl adjacent to an activating group) is 1. The molecule has 1 aromatic carbocycles. The van der Waals surface area contributed by atoms with E-state index >= 15 is 0 Å². The van der Waals surface area contributed by atoms with E-state index in [4.69, 9.17) is 5.73 Å². The summed E-state index contributed by atoms with van der Waals surface area (Å²) in [7, 11) is 1.94. The van der Waals surface area contributed by atoms with Gasteiger partial charge in [0.15, 0.2) is 0 Å². The van der Waals surface area contributed by atoms with Gasteiger partial charge in [0.25, 0.3) is 0 Å². The Balaban J connectivity index is 2.96. The van der Waals surface area contributed by atoms with Gasteiger partial charge in [-0.1, -0.05) is 31.9 Å². The van der Waals surface area contributed by atoms with Gasteiger partial charge in [0.1, 0.15) is 0 Å². The van der Waals surface area contributed by atoms with Crippen LogP contribution >= 0.6 is 31.9 Å². The minimum Gasteiger partial charge on any atom is -0.330 e. The van der Waals surface area contributed by atoms with Gasteiger partial charge in [0.2, 0.25) is 0 Å². The van der Waals surface area contributed by atoms with E-state index < -0.39 is 0 Å². The number of nitrogens with two attached hydrogens (primary N) is 1. The number of hydrogen-bond donors (Lipinski definition) is 2. The van der Waals surface area contributed by atoms with Crippen LogP contribution in [-0.4, -0.2) is 20.1 Å². The molecule has 0 fully saturated rings. The standard InChI is InChI=1S/C10H14Br2N2/c1-14-6-7(5-13)9-4-8(11)2-3-10(9)12/h2-4,7,14H,5-6,13H2,1H3. The lowest BCUT2D eigenvalue weighted by atomic mass is 9.99. The van der Waals surface area contributed by atoms with Crippen molar-refractivity contribution >= 4 is 31.9 Å². The average Bonchev–Trinajstić information content (AvgIpc) is 2.18. The maximum Gasteiger partial charge on any atom is 0.0211 e. The molecule has 0 bridgehead atoms. The van der Waals surface area contributed by atoms with E-state index in [1.807, 2.05) is 19.2 Å². The Labute approximate surface area is 102 Å². The maximum atomic E-state index is 5.73. The molecule has 0 radical (unpaired) electrons. The zero-order chi connectivity index (χ0) is 10.6. The smallest absolute Gasteiger partial charge is 0.0211 e. The summed E-state index contributed by atoms with van der Waals surface area (Å²) in [5.41, 5.74) is 6.98. The predicted octanol–water partition coefficient (Wildman–Crippen LogP) is 2.47. The third kappa shape index (κ3) is 3.05. The van der Waals surface area contributed by atoms with Gasteiger partial charge < -0.3 is 11.1 Å². The Morgan fingerprint density at radius 3 is 2.71 bits per heavy atom. The van der Waals surface area contributed by atoms with E-state index in [9.17, 15) is 0 Å². The molecule has 0 amide bonds. The molecule has 0 aliphatic heterocycles. The van der Waals surface area contributed by atoms with Gasteiger partial charge in [-0.15, -0.1) is 0 Å². The highest BCUT2D eigenvalue weighted by Gasteiger charge is 2.12. The largest absolute Gasteiger partial charge is 0.330 e. The van der Waals surface area contributed by atoms with Gasteiger partial charge in [-0.25, -0.2) is 0 Å². The van der Waals surface area contributed by atoms with Gasteiger partial charge in [-0.05, 0) is 30.8 Å². The first-order chi connectivity index (χ1) is 6.69. The summed E-state index contributed by atoms with van der Waals surface area (Å²) in [5, 5.41) is 3.15. The molecule has 78 valence electrons. The first kappa shape index (κ1) is 12.2. The van der Waals surface area contributed by atoms with E-state index in [0.29, 0.717) is 12.5 Å². The summed E-state index contributed by atoms with van der Waals surface area (Å²) in [6.45, 7) is 1.54. The van der Waals surface area contributed by atoms with Crippen LogP contribution in [0.1, 0.15) is 11.5 Å². The molecule has 0 aromatic heterocycles. The molecular weight excluding hydrogens is 308 g/mol. The lowest BCUT2D eigenvalue weighted by Crippen LogP contribution is -2.24. The molecule has 1 rings (SSSR count). The van der Waals surface area contributed by atoms with Crippen molar-refractivity contribution in [1.29, 1.82) is 0 Å². The average molecular weight is 322 g/mol. The van der Waals surface area contributed by atoms with Crippen molar-refractivity contribution in [2.24, 2.45) is 5.73 Å². The predicted molar refractivity (Wildman–Crippen MR) is 67.6 cm³/mol. The summed E-state index contributed by atoms with van der Waals surface area (Å²) in [5.74, 6) is 0.354. The van der Waals surface area contributed by atoms with Gasteiger partial charge >= 0.3 is 0 Å². The Bertz CT molecular complexity index is 302. The monoisotopic (exact) mass is 320 g/mol. The van der Waals surface area contributed by atoms with E-state index in [1.165, 1.54) is 5.56 Å². The minimum absolute atomic E-state index is 0.354. The van der Waals surface area contributed by atoms with Crippen LogP contribution in [0.25, 0.3) is 0 Å². The van der Waals surface area contributed by atoms with E-state index in [1.54, 1.807) is 0 Å². The van der Waals surface area contributed by atoms with Gasteiger partial charge in [0, 0.05) is 28.0 Å². The highest BCUT2D eigenvalue weighted by atomic mass is 79.9. The lowest BCUT2D eigenvalue weighted by Gasteiger charge is -2.16. The second-order valence-electron chi connectivity index (χ2n) is 3.16. The zero-order valence-corrected chi connectivity index (χ0v) is 11.2. The van der Waals surface area contributed by atoms with E-state index in [2.05, 4.69) is 43.2 Å². The number of halogens is 2. The molecule has 4 heteroatoms. The molecular formula is C10H14Br2N2. The van der Waals surface area contributed by atoms with Crippen molar-refractivity contribution in [2.75, 3.05) is 20.1 Å².